The molecule has 2 heterocycles. The van der Waals surface area contributed by atoms with E-state index in [0.717, 1.165) is 37.4 Å². The number of amides is 1. The van der Waals surface area contributed by atoms with E-state index in [1.54, 1.807) is 30.5 Å². The van der Waals surface area contributed by atoms with Gasteiger partial charge in [-0.2, -0.15) is 0 Å². The first kappa shape index (κ1) is 20.4. The number of likely N-dealkylation sites (tertiary alicyclic amines) is 1. The van der Waals surface area contributed by atoms with Crippen molar-refractivity contribution in [3.63, 3.8) is 0 Å². The number of rotatable bonds is 8. The van der Waals surface area contributed by atoms with E-state index >= 15 is 0 Å². The average molecular weight is 405 g/mol. The Balaban J connectivity index is 1.18. The van der Waals surface area contributed by atoms with Crippen LogP contribution in [0.1, 0.15) is 37.7 Å². The third-order valence-electron chi connectivity index (χ3n) is 5.75. The van der Waals surface area contributed by atoms with Gasteiger partial charge < -0.3 is 15.0 Å². The maximum atomic E-state index is 12.1. The van der Waals surface area contributed by atoms with Crippen molar-refractivity contribution < 1.29 is 9.53 Å². The van der Waals surface area contributed by atoms with E-state index < -0.39 is 0 Å². The average Bonchev–Trinajstić information content (AvgIpc) is 3.59. The molecular formula is C24H28N4O2. The van der Waals surface area contributed by atoms with Crippen LogP contribution in [0.5, 0.6) is 5.88 Å². The topological polar surface area (TPSA) is 58.8 Å². The van der Waals surface area contributed by atoms with Crippen LogP contribution in [0, 0.1) is 12.5 Å². The Kier molecular flexibility index (Phi) is 6.60. The van der Waals surface area contributed by atoms with E-state index in [0.29, 0.717) is 30.1 Å². The zero-order valence-electron chi connectivity index (χ0n) is 17.2. The molecule has 2 fully saturated rings. The van der Waals surface area contributed by atoms with E-state index in [2.05, 4.69) is 20.0 Å². The van der Waals surface area contributed by atoms with E-state index in [1.807, 2.05) is 12.1 Å². The minimum atomic E-state index is -0.0520. The second kappa shape index (κ2) is 9.73. The molecule has 2 aromatic rings. The smallest absolute Gasteiger partial charge is 0.224 e. The predicted octanol–water partition coefficient (Wildman–Crippen LogP) is 4.46. The number of piperidine rings is 1. The molecule has 1 aliphatic heterocycles. The molecule has 1 amide bonds. The molecule has 2 aliphatic rings. The number of anilines is 1. The first-order valence-electron chi connectivity index (χ1n) is 10.8. The van der Waals surface area contributed by atoms with Gasteiger partial charge in [0.15, 0.2) is 5.69 Å². The highest BCUT2D eigenvalue weighted by Crippen LogP contribution is 2.30. The molecule has 0 radical (unpaired) electrons. The van der Waals surface area contributed by atoms with Crippen molar-refractivity contribution >= 4 is 17.3 Å². The second-order valence-electron chi connectivity index (χ2n) is 8.27. The Hall–Kier alpha value is -2.91. The quantitative estimate of drug-likeness (QED) is 0.660. The number of hydrogen-bond donors (Lipinski definition) is 1. The van der Waals surface area contributed by atoms with Crippen LogP contribution in [0.2, 0.25) is 0 Å². The number of nitrogens with one attached hydrogen (secondary N) is 1. The maximum absolute atomic E-state index is 12.1. The molecule has 0 atom stereocenters. The van der Waals surface area contributed by atoms with Crippen molar-refractivity contribution in [2.45, 2.75) is 44.6 Å². The molecule has 6 heteroatoms. The normalized spacial score (nSPS) is 17.3. The van der Waals surface area contributed by atoms with Crippen LogP contribution >= 0.6 is 0 Å². The van der Waals surface area contributed by atoms with Crippen molar-refractivity contribution in [3.8, 4) is 5.88 Å². The van der Waals surface area contributed by atoms with Crippen LogP contribution in [0.25, 0.3) is 4.85 Å². The molecule has 1 aromatic carbocycles. The van der Waals surface area contributed by atoms with Crippen LogP contribution in [0.3, 0.4) is 0 Å². The summed E-state index contributed by atoms with van der Waals surface area (Å²) in [5, 5.41) is 2.86. The van der Waals surface area contributed by atoms with Crippen LogP contribution in [-0.2, 0) is 11.2 Å². The van der Waals surface area contributed by atoms with E-state index in [4.69, 9.17) is 11.3 Å². The number of aryl methyl sites for hydroxylation is 1. The molecule has 1 N–H and O–H groups in total. The minimum Gasteiger partial charge on any atom is -0.474 e. The van der Waals surface area contributed by atoms with Gasteiger partial charge in [-0.05, 0) is 55.7 Å². The molecule has 0 spiro atoms. The number of carbonyl (C=O) groups is 1. The second-order valence-corrected chi connectivity index (χ2v) is 8.27. The lowest BCUT2D eigenvalue weighted by molar-refractivity contribution is -0.116. The molecule has 1 saturated carbocycles. The van der Waals surface area contributed by atoms with Gasteiger partial charge in [0.2, 0.25) is 11.8 Å². The van der Waals surface area contributed by atoms with Crippen molar-refractivity contribution in [3.05, 3.63) is 59.6 Å². The summed E-state index contributed by atoms with van der Waals surface area (Å²) in [4.78, 5) is 22.5. The van der Waals surface area contributed by atoms with Crippen molar-refractivity contribution in [1.29, 1.82) is 0 Å². The summed E-state index contributed by atoms with van der Waals surface area (Å²) >= 11 is 0. The van der Waals surface area contributed by atoms with Gasteiger partial charge in [-0.1, -0.05) is 18.2 Å². The number of carbonyl (C=O) groups excluding carboxylic acids is 1. The van der Waals surface area contributed by atoms with Crippen LogP contribution in [-0.4, -0.2) is 41.5 Å². The number of ether oxygens (including phenoxy) is 1. The van der Waals surface area contributed by atoms with Gasteiger partial charge in [0.05, 0.1) is 6.57 Å². The van der Waals surface area contributed by atoms with Crippen LogP contribution in [0.15, 0.2) is 42.6 Å². The Bertz CT molecular complexity index is 877. The van der Waals surface area contributed by atoms with Gasteiger partial charge in [0, 0.05) is 44.0 Å². The molecular weight excluding hydrogens is 376 g/mol. The summed E-state index contributed by atoms with van der Waals surface area (Å²) < 4.78 is 6.06. The highest BCUT2D eigenvalue weighted by Gasteiger charge is 2.27. The summed E-state index contributed by atoms with van der Waals surface area (Å²) in [6.07, 6.45) is 7.99. The zero-order chi connectivity index (χ0) is 20.8. The van der Waals surface area contributed by atoms with Gasteiger partial charge in [0.25, 0.3) is 0 Å². The summed E-state index contributed by atoms with van der Waals surface area (Å²) in [5.74, 6) is 1.57. The highest BCUT2D eigenvalue weighted by molar-refractivity contribution is 5.91. The number of aromatic nitrogens is 1. The lowest BCUT2D eigenvalue weighted by Crippen LogP contribution is -2.39. The van der Waals surface area contributed by atoms with E-state index in [9.17, 15) is 4.79 Å². The van der Waals surface area contributed by atoms with Crippen molar-refractivity contribution in [2.24, 2.45) is 5.92 Å². The Labute approximate surface area is 178 Å². The monoisotopic (exact) mass is 404 g/mol. The summed E-state index contributed by atoms with van der Waals surface area (Å²) in [6, 6.07) is 10.8. The third kappa shape index (κ3) is 6.04. The number of nitrogens with zero attached hydrogens (tertiary/aromatic N) is 3. The van der Waals surface area contributed by atoms with Gasteiger partial charge >= 0.3 is 0 Å². The van der Waals surface area contributed by atoms with E-state index in [-0.39, 0.29) is 12.0 Å². The van der Waals surface area contributed by atoms with Crippen molar-refractivity contribution in [2.75, 3.05) is 25.0 Å². The fourth-order valence-electron chi connectivity index (χ4n) is 3.78. The SMILES string of the molecule is [C-]#[N+]c1ccc(NC(=O)CCc2ccc(OC3CCN(CC4CC4)CC3)nc2)cc1. The molecule has 1 saturated heterocycles. The Morgan fingerprint density at radius 2 is 1.90 bits per heavy atom. The first-order chi connectivity index (χ1) is 14.7. The minimum absolute atomic E-state index is 0.0520. The lowest BCUT2D eigenvalue weighted by Gasteiger charge is -2.31. The number of benzene rings is 1. The van der Waals surface area contributed by atoms with Crippen LogP contribution < -0.4 is 10.1 Å². The summed E-state index contributed by atoms with van der Waals surface area (Å²) in [6.45, 7) is 10.5. The Morgan fingerprint density at radius 1 is 1.13 bits per heavy atom. The number of hydrogen-bond acceptors (Lipinski definition) is 4. The van der Waals surface area contributed by atoms with Gasteiger partial charge in [0.1, 0.15) is 6.10 Å². The molecule has 1 aromatic heterocycles. The highest BCUT2D eigenvalue weighted by atomic mass is 16.5. The molecule has 0 unspecified atom stereocenters. The van der Waals surface area contributed by atoms with Crippen molar-refractivity contribution in [1.82, 2.24) is 9.88 Å². The molecule has 6 nitrogen and oxygen atoms in total. The lowest BCUT2D eigenvalue weighted by atomic mass is 10.1. The van der Waals surface area contributed by atoms with E-state index in [1.165, 1.54) is 19.4 Å². The number of pyridine rings is 1. The summed E-state index contributed by atoms with van der Waals surface area (Å²) in [7, 11) is 0. The molecule has 156 valence electrons. The largest absolute Gasteiger partial charge is 0.474 e. The molecule has 0 bridgehead atoms. The molecule has 30 heavy (non-hydrogen) atoms. The van der Waals surface area contributed by atoms with Gasteiger partial charge in [-0.15, -0.1) is 0 Å². The standard InChI is InChI=1S/C24H28N4O2/c1-25-20-6-8-21(9-7-20)27-23(29)10-4-18-5-11-24(26-16-18)30-22-12-14-28(15-13-22)17-19-2-3-19/h5-9,11,16,19,22H,2-4,10,12-15,17H2,(H,27,29). The molecule has 4 rings (SSSR count). The fourth-order valence-corrected chi connectivity index (χ4v) is 3.78. The first-order valence-corrected chi connectivity index (χ1v) is 10.8. The predicted molar refractivity (Wildman–Crippen MR) is 117 cm³/mol. The van der Waals surface area contributed by atoms with Gasteiger partial charge in [-0.3, -0.25) is 4.79 Å². The summed E-state index contributed by atoms with van der Waals surface area (Å²) in [5.41, 5.74) is 2.28. The maximum Gasteiger partial charge on any atom is 0.224 e. The molecule has 1 aliphatic carbocycles. The van der Waals surface area contributed by atoms with Crippen LogP contribution in [0.4, 0.5) is 11.4 Å². The fraction of sp³-hybridized carbons (Fsp3) is 0.458. The van der Waals surface area contributed by atoms with Gasteiger partial charge in [-0.25, -0.2) is 9.83 Å². The Morgan fingerprint density at radius 3 is 2.53 bits per heavy atom. The third-order valence-corrected chi connectivity index (χ3v) is 5.75. The zero-order valence-corrected chi connectivity index (χ0v) is 17.2.